The van der Waals surface area contributed by atoms with Crippen LogP contribution in [0.15, 0.2) is 12.2 Å². The summed E-state index contributed by atoms with van der Waals surface area (Å²) in [5.41, 5.74) is 0. The van der Waals surface area contributed by atoms with E-state index in [1.165, 1.54) is 0 Å². The fourth-order valence-corrected chi connectivity index (χ4v) is 3.71. The Balaban J connectivity index is 2.05. The Bertz CT molecular complexity index is 484. The monoisotopic (exact) mass is 332 g/mol. The number of fused-ring (bicyclic) bond motifs is 1. The zero-order valence-corrected chi connectivity index (χ0v) is 13.4. The number of hydrogen-bond acceptors (Lipinski definition) is 3. The molecule has 2 fully saturated rings. The van der Waals surface area contributed by atoms with E-state index in [9.17, 15) is 22.8 Å². The van der Waals surface area contributed by atoms with E-state index >= 15 is 0 Å². The van der Waals surface area contributed by atoms with Crippen LogP contribution in [0.3, 0.4) is 0 Å². The van der Waals surface area contributed by atoms with Crippen LogP contribution in [-0.4, -0.2) is 24.0 Å². The van der Waals surface area contributed by atoms with Crippen LogP contribution in [0.25, 0.3) is 0 Å². The summed E-state index contributed by atoms with van der Waals surface area (Å²) in [5, 5.41) is 0. The number of rotatable bonds is 6. The number of esters is 1. The Morgan fingerprint density at radius 3 is 2.74 bits per heavy atom. The smallest absolute Gasteiger partial charge is 0.398 e. The first-order chi connectivity index (χ1) is 10.7. The van der Waals surface area contributed by atoms with E-state index in [0.717, 1.165) is 6.08 Å². The van der Waals surface area contributed by atoms with Gasteiger partial charge in [0.1, 0.15) is 12.0 Å². The highest BCUT2D eigenvalue weighted by atomic mass is 19.4. The summed E-state index contributed by atoms with van der Waals surface area (Å²) in [5.74, 6) is -2.95. The molecule has 1 heterocycles. The van der Waals surface area contributed by atoms with Gasteiger partial charge in [0.25, 0.3) is 0 Å². The molecule has 5 unspecified atom stereocenters. The quantitative estimate of drug-likeness (QED) is 0.544. The lowest BCUT2D eigenvalue weighted by Crippen LogP contribution is -2.30. The normalized spacial score (nSPS) is 32.1. The first-order valence-electron chi connectivity index (χ1n) is 8.22. The van der Waals surface area contributed by atoms with Crippen molar-refractivity contribution in [1.82, 2.24) is 0 Å². The molecular weight excluding hydrogens is 309 g/mol. The van der Waals surface area contributed by atoms with Crippen molar-refractivity contribution in [2.24, 2.45) is 23.7 Å². The van der Waals surface area contributed by atoms with Crippen molar-refractivity contribution in [1.29, 1.82) is 0 Å². The van der Waals surface area contributed by atoms with Gasteiger partial charge in [0.2, 0.25) is 0 Å². The van der Waals surface area contributed by atoms with E-state index in [1.807, 2.05) is 6.92 Å². The van der Waals surface area contributed by atoms with Gasteiger partial charge >= 0.3 is 12.1 Å². The molecule has 5 atom stereocenters. The Morgan fingerprint density at radius 1 is 1.43 bits per heavy atom. The average Bonchev–Trinajstić information content (AvgIpc) is 2.90. The molecule has 0 aromatic rings. The summed E-state index contributed by atoms with van der Waals surface area (Å²) >= 11 is 0. The minimum Gasteiger partial charge on any atom is -0.462 e. The van der Waals surface area contributed by atoms with E-state index in [0.29, 0.717) is 19.3 Å². The molecule has 0 N–H and O–H groups in total. The number of alkyl halides is 3. The number of allylic oxidation sites excluding steroid dienone is 2. The summed E-state index contributed by atoms with van der Waals surface area (Å²) in [6, 6.07) is 0. The number of hydrogen-bond donors (Lipinski definition) is 0. The predicted octanol–water partition coefficient (Wildman–Crippen LogP) is 4.07. The molecule has 0 amide bonds. The largest absolute Gasteiger partial charge is 0.462 e. The average molecular weight is 332 g/mol. The molecule has 1 aliphatic carbocycles. The molecule has 1 saturated heterocycles. The Kier molecular flexibility index (Phi) is 5.53. The van der Waals surface area contributed by atoms with Gasteiger partial charge in [-0.1, -0.05) is 32.8 Å². The molecule has 0 bridgehead atoms. The lowest BCUT2D eigenvalue weighted by molar-refractivity contribution is -0.180. The van der Waals surface area contributed by atoms with Crippen LogP contribution in [0.5, 0.6) is 0 Å². The molecular formula is C17H23F3O3. The number of carbonyl (C=O) groups excluding carboxylic acids is 2. The Morgan fingerprint density at radius 2 is 2.13 bits per heavy atom. The topological polar surface area (TPSA) is 43.4 Å². The molecule has 0 aromatic carbocycles. The third-order valence-electron chi connectivity index (χ3n) is 4.99. The number of unbranched alkanes of at least 4 members (excludes halogenated alkanes) is 1. The Hall–Kier alpha value is -1.33. The molecule has 2 rings (SSSR count). The van der Waals surface area contributed by atoms with Gasteiger partial charge in [-0.15, -0.1) is 0 Å². The molecule has 0 radical (unpaired) electrons. The molecule has 0 aromatic heterocycles. The zero-order valence-electron chi connectivity index (χ0n) is 13.4. The van der Waals surface area contributed by atoms with Crippen molar-refractivity contribution < 1.29 is 27.5 Å². The van der Waals surface area contributed by atoms with Gasteiger partial charge in [0.15, 0.2) is 5.78 Å². The lowest BCUT2D eigenvalue weighted by atomic mass is 9.87. The van der Waals surface area contributed by atoms with Crippen molar-refractivity contribution >= 4 is 11.8 Å². The fourth-order valence-electron chi connectivity index (χ4n) is 3.71. The number of halogens is 3. The third-order valence-corrected chi connectivity index (χ3v) is 4.99. The second kappa shape index (κ2) is 7.05. The van der Waals surface area contributed by atoms with E-state index in [-0.39, 0.29) is 42.7 Å². The van der Waals surface area contributed by atoms with Crippen LogP contribution < -0.4 is 0 Å². The molecule has 130 valence electrons. The summed E-state index contributed by atoms with van der Waals surface area (Å²) in [7, 11) is 0. The van der Waals surface area contributed by atoms with Gasteiger partial charge in [-0.05, 0) is 30.8 Å². The highest BCUT2D eigenvalue weighted by Gasteiger charge is 2.48. The maximum absolute atomic E-state index is 13.0. The maximum Gasteiger partial charge on any atom is 0.398 e. The summed E-state index contributed by atoms with van der Waals surface area (Å²) in [6.45, 7) is 3.77. The molecule has 6 heteroatoms. The van der Waals surface area contributed by atoms with E-state index in [4.69, 9.17) is 4.74 Å². The van der Waals surface area contributed by atoms with Gasteiger partial charge in [-0.3, -0.25) is 9.59 Å². The molecule has 0 spiro atoms. The van der Waals surface area contributed by atoms with Crippen molar-refractivity contribution in [3.05, 3.63) is 12.2 Å². The molecule has 1 aliphatic heterocycles. The minimum atomic E-state index is -4.51. The van der Waals surface area contributed by atoms with Crippen LogP contribution in [0.1, 0.15) is 46.0 Å². The second-order valence-corrected chi connectivity index (χ2v) is 6.68. The molecule has 23 heavy (non-hydrogen) atoms. The predicted molar refractivity (Wildman–Crippen MR) is 78.5 cm³/mol. The van der Waals surface area contributed by atoms with Gasteiger partial charge < -0.3 is 4.74 Å². The number of carbonyl (C=O) groups is 2. The number of ketones is 1. The first-order valence-corrected chi connectivity index (χ1v) is 8.22. The summed E-state index contributed by atoms with van der Waals surface area (Å²) in [6.07, 6.45) is -0.187. The van der Waals surface area contributed by atoms with Crippen LogP contribution in [-0.2, 0) is 14.3 Å². The Labute approximate surface area is 134 Å². The summed E-state index contributed by atoms with van der Waals surface area (Å²) in [4.78, 5) is 23.4. The second-order valence-electron chi connectivity index (χ2n) is 6.68. The highest BCUT2D eigenvalue weighted by molar-refractivity contribution is 5.92. The van der Waals surface area contributed by atoms with Crippen molar-refractivity contribution in [2.45, 2.75) is 58.2 Å². The van der Waals surface area contributed by atoms with Crippen LogP contribution in [0, 0.1) is 23.7 Å². The minimum absolute atomic E-state index is 0.0125. The molecule has 3 nitrogen and oxygen atoms in total. The van der Waals surface area contributed by atoms with Gasteiger partial charge in [0.05, 0.1) is 6.42 Å². The van der Waals surface area contributed by atoms with Crippen LogP contribution in [0.2, 0.25) is 0 Å². The summed E-state index contributed by atoms with van der Waals surface area (Å²) < 4.78 is 44.3. The third kappa shape index (κ3) is 4.15. The van der Waals surface area contributed by atoms with Crippen molar-refractivity contribution in [3.63, 3.8) is 0 Å². The molecule has 1 saturated carbocycles. The highest BCUT2D eigenvalue weighted by Crippen LogP contribution is 2.45. The zero-order chi connectivity index (χ0) is 17.2. The van der Waals surface area contributed by atoms with Crippen molar-refractivity contribution in [2.75, 3.05) is 0 Å². The first kappa shape index (κ1) is 18.0. The number of ether oxygens (including phenoxy) is 1. The van der Waals surface area contributed by atoms with Gasteiger partial charge in [-0.25, -0.2) is 0 Å². The maximum atomic E-state index is 13.0. The van der Waals surface area contributed by atoms with Crippen LogP contribution in [0.4, 0.5) is 13.2 Å². The van der Waals surface area contributed by atoms with Crippen molar-refractivity contribution in [3.8, 4) is 0 Å². The standard InChI is InChI=1S/C17H23F3O3/c1-3-4-5-13(17(18,19)20)14(21)7-6-11-10(2)8-15-12(11)9-16(22)23-15/h6-7,10-13,15H,3-5,8-9H2,1-2H3. The lowest BCUT2D eigenvalue weighted by Gasteiger charge is -2.18. The van der Waals surface area contributed by atoms with Gasteiger partial charge in [0, 0.05) is 5.92 Å². The van der Waals surface area contributed by atoms with E-state index in [2.05, 4.69) is 0 Å². The van der Waals surface area contributed by atoms with Gasteiger partial charge in [-0.2, -0.15) is 13.2 Å². The van der Waals surface area contributed by atoms with Crippen LogP contribution >= 0.6 is 0 Å². The fraction of sp³-hybridized carbons (Fsp3) is 0.765. The van der Waals surface area contributed by atoms with E-state index < -0.39 is 17.9 Å². The molecule has 2 aliphatic rings. The SMILES string of the molecule is CCCCC(C(=O)C=CC1C(C)CC2OC(=O)CC21)C(F)(F)F. The van der Waals surface area contributed by atoms with E-state index in [1.54, 1.807) is 13.0 Å².